The van der Waals surface area contributed by atoms with E-state index in [2.05, 4.69) is 4.90 Å². The molecule has 1 atom stereocenters. The molecule has 0 aliphatic carbocycles. The van der Waals surface area contributed by atoms with Crippen LogP contribution in [0.2, 0.25) is 0 Å². The normalized spacial score (nSPS) is 25.3. The number of imide groups is 2. The second-order valence-corrected chi connectivity index (χ2v) is 7.25. The number of fused-ring (bicyclic) bond motifs is 4. The fourth-order valence-electron chi connectivity index (χ4n) is 4.70. The summed E-state index contributed by atoms with van der Waals surface area (Å²) >= 11 is 0. The zero-order valence-corrected chi connectivity index (χ0v) is 14.5. The lowest BCUT2D eigenvalue weighted by Gasteiger charge is -2.54. The van der Waals surface area contributed by atoms with Crippen molar-refractivity contribution in [3.05, 3.63) is 23.8 Å². The molecule has 1 aromatic rings. The van der Waals surface area contributed by atoms with Gasteiger partial charge in [0.05, 0.1) is 6.04 Å². The molecule has 4 rings (SSSR count). The molecule has 25 heavy (non-hydrogen) atoms. The molecular weight excluding hydrogens is 320 g/mol. The van der Waals surface area contributed by atoms with Crippen LogP contribution in [-0.2, 0) is 16.0 Å². The van der Waals surface area contributed by atoms with Gasteiger partial charge < -0.3 is 10.6 Å². The minimum Gasteiger partial charge on any atom is -0.399 e. The summed E-state index contributed by atoms with van der Waals surface area (Å²) in [5.41, 5.74) is 7.26. The number of piperidine rings is 1. The summed E-state index contributed by atoms with van der Waals surface area (Å²) in [5, 5.41) is 0. The van der Waals surface area contributed by atoms with Gasteiger partial charge in [-0.25, -0.2) is 4.79 Å². The van der Waals surface area contributed by atoms with Crippen molar-refractivity contribution in [3.8, 4) is 0 Å². The summed E-state index contributed by atoms with van der Waals surface area (Å²) in [7, 11) is 2.91. The first-order valence-electron chi connectivity index (χ1n) is 8.63. The molecule has 0 radical (unpaired) electrons. The van der Waals surface area contributed by atoms with Crippen LogP contribution in [0.5, 0.6) is 0 Å². The number of anilines is 2. The number of amides is 4. The summed E-state index contributed by atoms with van der Waals surface area (Å²) in [6.07, 6.45) is 3.03. The van der Waals surface area contributed by atoms with E-state index < -0.39 is 23.3 Å². The number of hydrogen-bond donors (Lipinski definition) is 1. The molecule has 0 bridgehead atoms. The number of hydrogen-bond acceptors (Lipinski definition) is 5. The van der Waals surface area contributed by atoms with Gasteiger partial charge in [0.1, 0.15) is 0 Å². The van der Waals surface area contributed by atoms with E-state index in [9.17, 15) is 14.4 Å². The molecule has 1 spiro atoms. The van der Waals surface area contributed by atoms with Gasteiger partial charge >= 0.3 is 6.03 Å². The predicted molar refractivity (Wildman–Crippen MR) is 92.9 cm³/mol. The molecule has 2 N–H and O–H groups in total. The van der Waals surface area contributed by atoms with E-state index in [0.717, 1.165) is 46.9 Å². The van der Waals surface area contributed by atoms with Crippen molar-refractivity contribution in [2.45, 2.75) is 31.7 Å². The summed E-state index contributed by atoms with van der Waals surface area (Å²) in [6.45, 7) is 0.797. The van der Waals surface area contributed by atoms with E-state index >= 15 is 0 Å². The number of nitrogen functional groups attached to an aromatic ring is 1. The first-order valence-corrected chi connectivity index (χ1v) is 8.63. The van der Waals surface area contributed by atoms with Crippen LogP contribution in [0.1, 0.15) is 24.8 Å². The Morgan fingerprint density at radius 1 is 1.08 bits per heavy atom. The van der Waals surface area contributed by atoms with Crippen LogP contribution in [0.4, 0.5) is 16.2 Å². The van der Waals surface area contributed by atoms with Gasteiger partial charge in [0.2, 0.25) is 11.8 Å². The second-order valence-electron chi connectivity index (χ2n) is 7.25. The van der Waals surface area contributed by atoms with Crippen molar-refractivity contribution in [1.29, 1.82) is 0 Å². The third-order valence-corrected chi connectivity index (χ3v) is 5.90. The smallest absolute Gasteiger partial charge is 0.332 e. The molecule has 132 valence electrons. The van der Waals surface area contributed by atoms with Crippen LogP contribution in [0.3, 0.4) is 0 Å². The summed E-state index contributed by atoms with van der Waals surface area (Å²) < 4.78 is 0. The maximum atomic E-state index is 13.2. The number of nitrogens with two attached hydrogens (primary N) is 1. The van der Waals surface area contributed by atoms with Crippen molar-refractivity contribution in [2.75, 3.05) is 31.3 Å². The Labute approximate surface area is 146 Å². The van der Waals surface area contributed by atoms with Crippen molar-refractivity contribution in [3.63, 3.8) is 0 Å². The van der Waals surface area contributed by atoms with E-state index in [1.54, 1.807) is 0 Å². The Morgan fingerprint density at radius 3 is 2.44 bits per heavy atom. The zero-order chi connectivity index (χ0) is 17.9. The van der Waals surface area contributed by atoms with Crippen molar-refractivity contribution in [2.24, 2.45) is 5.41 Å². The van der Waals surface area contributed by atoms with E-state index in [1.807, 2.05) is 18.2 Å². The maximum Gasteiger partial charge on any atom is 0.332 e. The Morgan fingerprint density at radius 2 is 1.76 bits per heavy atom. The fourth-order valence-corrected chi connectivity index (χ4v) is 4.70. The number of benzene rings is 1. The molecule has 3 aliphatic rings. The molecular formula is C18H22N4O3. The lowest BCUT2D eigenvalue weighted by Crippen LogP contribution is -2.72. The molecule has 3 heterocycles. The SMILES string of the molecule is CN1C(=O)N(C)C(=O)C2(Cc3cc(N)ccc3N3CCCC[C@@H]32)C1=O. The predicted octanol–water partition coefficient (Wildman–Crippen LogP) is 1.22. The topological polar surface area (TPSA) is 86.9 Å². The number of carbonyl (C=O) groups is 3. The van der Waals surface area contributed by atoms with E-state index in [0.29, 0.717) is 5.69 Å². The molecule has 7 heteroatoms. The van der Waals surface area contributed by atoms with Gasteiger partial charge in [-0.1, -0.05) is 0 Å². The van der Waals surface area contributed by atoms with Crippen LogP contribution < -0.4 is 10.6 Å². The lowest BCUT2D eigenvalue weighted by atomic mass is 9.66. The minimum atomic E-state index is -1.25. The monoisotopic (exact) mass is 342 g/mol. The molecule has 3 aliphatic heterocycles. The van der Waals surface area contributed by atoms with Gasteiger partial charge in [0.25, 0.3) is 0 Å². The van der Waals surface area contributed by atoms with E-state index in [1.165, 1.54) is 14.1 Å². The Kier molecular flexibility index (Phi) is 3.32. The number of rotatable bonds is 0. The quantitative estimate of drug-likeness (QED) is 0.566. The highest BCUT2D eigenvalue weighted by Gasteiger charge is 2.63. The number of barbiturate groups is 1. The van der Waals surface area contributed by atoms with Gasteiger partial charge in [-0.2, -0.15) is 0 Å². The molecule has 2 fully saturated rings. The first-order chi connectivity index (χ1) is 11.9. The van der Waals surface area contributed by atoms with Crippen LogP contribution >= 0.6 is 0 Å². The zero-order valence-electron chi connectivity index (χ0n) is 14.5. The average Bonchev–Trinajstić information content (AvgIpc) is 2.63. The molecule has 1 aromatic carbocycles. The lowest BCUT2D eigenvalue weighted by molar-refractivity contribution is -0.159. The third kappa shape index (κ3) is 1.95. The summed E-state index contributed by atoms with van der Waals surface area (Å²) in [4.78, 5) is 43.0. The van der Waals surface area contributed by atoms with Gasteiger partial charge in [-0.3, -0.25) is 19.4 Å². The third-order valence-electron chi connectivity index (χ3n) is 5.90. The molecule has 2 saturated heterocycles. The molecule has 4 amide bonds. The van der Waals surface area contributed by atoms with Crippen LogP contribution in [-0.4, -0.2) is 54.3 Å². The van der Waals surface area contributed by atoms with E-state index in [-0.39, 0.29) is 12.5 Å². The summed E-state index contributed by atoms with van der Waals surface area (Å²) in [6, 6.07) is 4.89. The second kappa shape index (κ2) is 5.21. The summed E-state index contributed by atoms with van der Waals surface area (Å²) in [5.74, 6) is -0.795. The largest absolute Gasteiger partial charge is 0.399 e. The van der Waals surface area contributed by atoms with Gasteiger partial charge in [0, 0.05) is 32.0 Å². The fraction of sp³-hybridized carbons (Fsp3) is 0.500. The number of nitrogens with zero attached hydrogens (tertiary/aromatic N) is 3. The highest BCUT2D eigenvalue weighted by Crippen LogP contribution is 2.48. The van der Waals surface area contributed by atoms with E-state index in [4.69, 9.17) is 5.73 Å². The van der Waals surface area contributed by atoms with Crippen LogP contribution in [0.25, 0.3) is 0 Å². The Balaban J connectivity index is 1.92. The van der Waals surface area contributed by atoms with Crippen molar-refractivity contribution in [1.82, 2.24) is 9.80 Å². The van der Waals surface area contributed by atoms with Crippen molar-refractivity contribution < 1.29 is 14.4 Å². The van der Waals surface area contributed by atoms with Crippen LogP contribution in [0, 0.1) is 5.41 Å². The number of carbonyl (C=O) groups excluding carboxylic acids is 3. The molecule has 0 unspecified atom stereocenters. The molecule has 7 nitrogen and oxygen atoms in total. The Hall–Kier alpha value is -2.57. The van der Waals surface area contributed by atoms with Crippen LogP contribution in [0.15, 0.2) is 18.2 Å². The highest BCUT2D eigenvalue weighted by molar-refractivity contribution is 6.20. The minimum absolute atomic E-state index is 0.227. The van der Waals surface area contributed by atoms with Gasteiger partial charge in [-0.15, -0.1) is 0 Å². The highest BCUT2D eigenvalue weighted by atomic mass is 16.2. The number of urea groups is 1. The van der Waals surface area contributed by atoms with Gasteiger partial charge in [-0.05, 0) is 49.4 Å². The van der Waals surface area contributed by atoms with Gasteiger partial charge in [0.15, 0.2) is 5.41 Å². The maximum absolute atomic E-state index is 13.2. The van der Waals surface area contributed by atoms with Crippen molar-refractivity contribution >= 4 is 29.2 Å². The standard InChI is InChI=1S/C18H22N4O3/c1-20-15(23)18(16(24)21(2)17(20)25)10-11-9-12(19)6-7-13(11)22-8-4-3-5-14(18)22/h6-7,9,14H,3-5,8,10,19H2,1-2H3/t14-/m1/s1. The Bertz CT molecular complexity index is 767. The molecule has 0 aromatic heterocycles. The first kappa shape index (κ1) is 15.9. The molecule has 0 saturated carbocycles. The average molecular weight is 342 g/mol.